The predicted octanol–water partition coefficient (Wildman–Crippen LogP) is 5.95. The van der Waals surface area contributed by atoms with Gasteiger partial charge in [0.05, 0.1) is 25.3 Å². The highest BCUT2D eigenvalue weighted by atomic mass is 16.6. The first kappa shape index (κ1) is 33.8. The lowest BCUT2D eigenvalue weighted by atomic mass is 9.60. The summed E-state index contributed by atoms with van der Waals surface area (Å²) in [6.07, 6.45) is 7.11. The molecule has 2 saturated carbocycles. The second-order valence-corrected chi connectivity index (χ2v) is 12.4. The number of ether oxygens (including phenoxy) is 6. The molecule has 0 aliphatic heterocycles. The zero-order valence-electron chi connectivity index (χ0n) is 26.6. The van der Waals surface area contributed by atoms with Crippen molar-refractivity contribution in [2.24, 2.45) is 17.3 Å². The molecule has 10 nitrogen and oxygen atoms in total. The molecule has 0 amide bonds. The summed E-state index contributed by atoms with van der Waals surface area (Å²) in [5, 5.41) is 0. The van der Waals surface area contributed by atoms with E-state index in [1.807, 2.05) is 0 Å². The van der Waals surface area contributed by atoms with E-state index in [4.69, 9.17) is 18.9 Å². The highest BCUT2D eigenvalue weighted by molar-refractivity contribution is 5.90. The molecule has 0 aromatic heterocycles. The van der Waals surface area contributed by atoms with Crippen LogP contribution in [0.5, 0.6) is 11.5 Å². The van der Waals surface area contributed by atoms with E-state index in [2.05, 4.69) is 23.3 Å². The molecule has 2 aliphatic carbocycles. The lowest BCUT2D eigenvalue weighted by molar-refractivity contribution is -0.143. The fourth-order valence-electron chi connectivity index (χ4n) is 6.40. The Morgan fingerprint density at radius 1 is 0.578 bits per heavy atom. The molecular formula is C35H44O10. The number of rotatable bonds is 12. The molecule has 2 fully saturated rings. The molecule has 2 aromatic rings. The largest absolute Gasteiger partial charge is 0.482 e. The number of methoxy groups -OCH3 is 2. The van der Waals surface area contributed by atoms with Gasteiger partial charge < -0.3 is 28.4 Å². The Bertz CT molecular complexity index is 1190. The van der Waals surface area contributed by atoms with Gasteiger partial charge in [-0.25, -0.2) is 19.2 Å². The van der Waals surface area contributed by atoms with Gasteiger partial charge in [-0.15, -0.1) is 0 Å². The van der Waals surface area contributed by atoms with Crippen LogP contribution in [0, 0.1) is 17.3 Å². The lowest BCUT2D eigenvalue weighted by Gasteiger charge is -2.46. The van der Waals surface area contributed by atoms with E-state index in [-0.39, 0.29) is 42.8 Å². The van der Waals surface area contributed by atoms with E-state index in [0.29, 0.717) is 34.5 Å². The molecule has 0 saturated heterocycles. The topological polar surface area (TPSA) is 124 Å². The molecular weight excluding hydrogens is 580 g/mol. The molecule has 0 unspecified atom stereocenters. The SMILES string of the molecule is COC(=O)COc1ccc(C(=O)OC2CCC(C(C)(C)C3CCC(OC(=O)c4ccc(OCC(=O)OC)cc4)CC3)CC2)cc1. The quantitative estimate of drug-likeness (QED) is 0.207. The fourth-order valence-corrected chi connectivity index (χ4v) is 6.40. The third-order valence-electron chi connectivity index (χ3n) is 9.35. The Balaban J connectivity index is 1.18. The Kier molecular flexibility index (Phi) is 11.8. The fraction of sp³-hybridized carbons (Fsp3) is 0.543. The molecule has 0 bridgehead atoms. The summed E-state index contributed by atoms with van der Waals surface area (Å²) in [6, 6.07) is 13.1. The molecule has 45 heavy (non-hydrogen) atoms. The zero-order valence-corrected chi connectivity index (χ0v) is 26.6. The van der Waals surface area contributed by atoms with Crippen LogP contribution in [0.25, 0.3) is 0 Å². The first-order valence-electron chi connectivity index (χ1n) is 15.6. The van der Waals surface area contributed by atoms with Gasteiger partial charge in [0.1, 0.15) is 23.7 Å². The third kappa shape index (κ3) is 9.45. The van der Waals surface area contributed by atoms with Crippen molar-refractivity contribution < 1.29 is 47.6 Å². The third-order valence-corrected chi connectivity index (χ3v) is 9.35. The van der Waals surface area contributed by atoms with Crippen molar-refractivity contribution in [1.82, 2.24) is 0 Å². The minimum atomic E-state index is -0.475. The van der Waals surface area contributed by atoms with Crippen molar-refractivity contribution in [3.05, 3.63) is 59.7 Å². The number of esters is 4. The van der Waals surface area contributed by atoms with Crippen LogP contribution in [0.3, 0.4) is 0 Å². The summed E-state index contributed by atoms with van der Waals surface area (Å²) in [6.45, 7) is 4.33. The Morgan fingerprint density at radius 2 is 0.911 bits per heavy atom. The maximum absolute atomic E-state index is 12.7. The van der Waals surface area contributed by atoms with E-state index in [0.717, 1.165) is 51.4 Å². The maximum atomic E-state index is 12.7. The molecule has 0 radical (unpaired) electrons. The second kappa shape index (κ2) is 15.8. The van der Waals surface area contributed by atoms with Gasteiger partial charge in [0.2, 0.25) is 0 Å². The molecule has 0 heterocycles. The number of carbonyl (C=O) groups is 4. The van der Waals surface area contributed by atoms with Gasteiger partial charge >= 0.3 is 23.9 Å². The van der Waals surface area contributed by atoms with E-state index >= 15 is 0 Å². The predicted molar refractivity (Wildman–Crippen MR) is 164 cm³/mol. The zero-order chi connectivity index (χ0) is 32.4. The summed E-state index contributed by atoms with van der Waals surface area (Å²) in [4.78, 5) is 48.0. The monoisotopic (exact) mass is 624 g/mol. The van der Waals surface area contributed by atoms with Crippen molar-refractivity contribution in [2.45, 2.75) is 77.4 Å². The number of carbonyl (C=O) groups excluding carboxylic acids is 4. The van der Waals surface area contributed by atoms with Crippen LogP contribution in [0.2, 0.25) is 0 Å². The highest BCUT2D eigenvalue weighted by Gasteiger charge is 2.41. The van der Waals surface area contributed by atoms with Crippen molar-refractivity contribution in [3.8, 4) is 11.5 Å². The van der Waals surface area contributed by atoms with Crippen molar-refractivity contribution in [2.75, 3.05) is 27.4 Å². The van der Waals surface area contributed by atoms with Crippen LogP contribution in [0.4, 0.5) is 0 Å². The molecule has 2 aliphatic rings. The summed E-state index contributed by atoms with van der Waals surface area (Å²) in [7, 11) is 2.59. The number of hydrogen-bond donors (Lipinski definition) is 0. The number of benzene rings is 2. The van der Waals surface area contributed by atoms with Crippen LogP contribution in [-0.2, 0) is 28.5 Å². The standard InChI is InChI=1S/C35H44O10/c1-35(2,25-9-17-29(18-10-25)44-33(38)23-5-13-27(14-6-23)42-21-31(36)40-3)26-11-19-30(20-12-26)45-34(39)24-7-15-28(16-8-24)43-22-32(37)41-4/h5-8,13-16,25-26,29-30H,9-12,17-22H2,1-4H3. The molecule has 4 rings (SSSR count). The first-order chi connectivity index (χ1) is 21.6. The Hall–Kier alpha value is -4.08. The minimum Gasteiger partial charge on any atom is -0.482 e. The van der Waals surface area contributed by atoms with Crippen molar-refractivity contribution in [3.63, 3.8) is 0 Å². The van der Waals surface area contributed by atoms with E-state index < -0.39 is 11.9 Å². The summed E-state index contributed by atoms with van der Waals surface area (Å²) in [5.41, 5.74) is 1.02. The highest BCUT2D eigenvalue weighted by Crippen LogP contribution is 2.49. The summed E-state index contributed by atoms with van der Waals surface area (Å²) >= 11 is 0. The van der Waals surface area contributed by atoms with E-state index in [1.165, 1.54) is 14.2 Å². The van der Waals surface area contributed by atoms with Crippen LogP contribution in [-0.4, -0.2) is 63.5 Å². The molecule has 0 N–H and O–H groups in total. The average Bonchev–Trinajstić information content (AvgIpc) is 3.07. The molecule has 0 spiro atoms. The van der Waals surface area contributed by atoms with Gasteiger partial charge in [0, 0.05) is 0 Å². The van der Waals surface area contributed by atoms with Crippen LogP contribution in [0.15, 0.2) is 48.5 Å². The first-order valence-corrected chi connectivity index (χ1v) is 15.6. The van der Waals surface area contributed by atoms with Gasteiger partial charge in [-0.2, -0.15) is 0 Å². The van der Waals surface area contributed by atoms with Gasteiger partial charge in [0.25, 0.3) is 0 Å². The molecule has 10 heteroatoms. The van der Waals surface area contributed by atoms with Crippen LogP contribution >= 0.6 is 0 Å². The van der Waals surface area contributed by atoms with E-state index in [9.17, 15) is 19.2 Å². The Morgan fingerprint density at radius 3 is 1.22 bits per heavy atom. The van der Waals surface area contributed by atoms with Gasteiger partial charge in [-0.1, -0.05) is 13.8 Å². The maximum Gasteiger partial charge on any atom is 0.343 e. The van der Waals surface area contributed by atoms with Crippen molar-refractivity contribution in [1.29, 1.82) is 0 Å². The second-order valence-electron chi connectivity index (χ2n) is 12.4. The average molecular weight is 625 g/mol. The molecule has 0 atom stereocenters. The van der Waals surface area contributed by atoms with Gasteiger partial charge in [-0.05, 0) is 117 Å². The smallest absolute Gasteiger partial charge is 0.343 e. The summed E-state index contributed by atoms with van der Waals surface area (Å²) < 4.78 is 31.5. The van der Waals surface area contributed by atoms with Gasteiger partial charge in [-0.3, -0.25) is 0 Å². The van der Waals surface area contributed by atoms with Crippen LogP contribution < -0.4 is 9.47 Å². The van der Waals surface area contributed by atoms with E-state index in [1.54, 1.807) is 48.5 Å². The molecule has 244 valence electrons. The lowest BCUT2D eigenvalue weighted by Crippen LogP contribution is -2.39. The van der Waals surface area contributed by atoms with Crippen molar-refractivity contribution >= 4 is 23.9 Å². The molecule has 2 aromatic carbocycles. The minimum absolute atomic E-state index is 0.108. The summed E-state index contributed by atoms with van der Waals surface area (Å²) in [5.74, 6) is 0.351. The normalized spacial score (nSPS) is 21.6. The van der Waals surface area contributed by atoms with Gasteiger partial charge in [0.15, 0.2) is 13.2 Å². The van der Waals surface area contributed by atoms with Crippen LogP contribution in [0.1, 0.15) is 85.9 Å². The Labute approximate surface area is 264 Å². The number of hydrogen-bond acceptors (Lipinski definition) is 10.